The summed E-state index contributed by atoms with van der Waals surface area (Å²) in [6.07, 6.45) is 6.35. The Kier molecular flexibility index (Phi) is 2.47. The number of rotatable bonds is 2. The third-order valence-corrected chi connectivity index (χ3v) is 6.08. The molecule has 0 aliphatic heterocycles. The molecule has 0 spiro atoms. The van der Waals surface area contributed by atoms with Crippen LogP contribution in [0.3, 0.4) is 0 Å². The first-order valence-electron chi connectivity index (χ1n) is 7.59. The van der Waals surface area contributed by atoms with E-state index in [1.165, 1.54) is 25.7 Å². The van der Waals surface area contributed by atoms with Crippen LogP contribution in [0.1, 0.15) is 37.7 Å². The molecule has 3 fully saturated rings. The molecule has 102 valence electrons. The Morgan fingerprint density at radius 1 is 1.16 bits per heavy atom. The SMILES string of the molecule is COc1ccc(C2(O)CC3CC2C2CCCC32)cc1. The van der Waals surface area contributed by atoms with E-state index in [4.69, 9.17) is 4.74 Å². The Morgan fingerprint density at radius 2 is 1.89 bits per heavy atom. The lowest BCUT2D eigenvalue weighted by Gasteiger charge is -2.39. The second-order valence-electron chi connectivity index (χ2n) is 6.72. The first kappa shape index (κ1) is 11.8. The van der Waals surface area contributed by atoms with Gasteiger partial charge in [0.1, 0.15) is 5.75 Å². The molecule has 0 heterocycles. The average Bonchev–Trinajstić information content (AvgIpc) is 3.10. The molecule has 0 amide bonds. The molecule has 4 rings (SSSR count). The van der Waals surface area contributed by atoms with E-state index in [2.05, 4.69) is 12.1 Å². The van der Waals surface area contributed by atoms with Crippen molar-refractivity contribution in [2.45, 2.75) is 37.7 Å². The van der Waals surface area contributed by atoms with Gasteiger partial charge >= 0.3 is 0 Å². The third-order valence-electron chi connectivity index (χ3n) is 6.08. The van der Waals surface area contributed by atoms with E-state index in [1.807, 2.05) is 12.1 Å². The highest BCUT2D eigenvalue weighted by Crippen LogP contribution is 2.65. The number of aliphatic hydroxyl groups is 1. The number of fused-ring (bicyclic) bond motifs is 5. The Balaban J connectivity index is 1.67. The van der Waals surface area contributed by atoms with Crippen LogP contribution in [0, 0.1) is 23.7 Å². The van der Waals surface area contributed by atoms with Gasteiger partial charge in [-0.25, -0.2) is 0 Å². The summed E-state index contributed by atoms with van der Waals surface area (Å²) in [5.74, 6) is 3.84. The molecule has 2 bridgehead atoms. The van der Waals surface area contributed by atoms with Gasteiger partial charge in [-0.2, -0.15) is 0 Å². The van der Waals surface area contributed by atoms with Gasteiger partial charge in [0.25, 0.3) is 0 Å². The zero-order valence-corrected chi connectivity index (χ0v) is 11.5. The van der Waals surface area contributed by atoms with Crippen LogP contribution in [0.25, 0.3) is 0 Å². The highest BCUT2D eigenvalue weighted by molar-refractivity contribution is 5.33. The van der Waals surface area contributed by atoms with Gasteiger partial charge in [0, 0.05) is 0 Å². The summed E-state index contributed by atoms with van der Waals surface area (Å²) in [7, 11) is 1.68. The maximum Gasteiger partial charge on any atom is 0.118 e. The fourth-order valence-electron chi connectivity index (χ4n) is 5.32. The summed E-state index contributed by atoms with van der Waals surface area (Å²) >= 11 is 0. The van der Waals surface area contributed by atoms with Crippen molar-refractivity contribution in [2.75, 3.05) is 7.11 Å². The minimum atomic E-state index is -0.567. The van der Waals surface area contributed by atoms with Gasteiger partial charge in [0.2, 0.25) is 0 Å². The van der Waals surface area contributed by atoms with E-state index in [0.29, 0.717) is 5.92 Å². The molecule has 5 atom stereocenters. The molecular formula is C17H22O2. The standard InChI is InChI=1S/C17H22O2/c1-19-13-7-5-12(6-8-13)17(18)10-11-9-16(17)15-4-2-3-14(11)15/h5-8,11,14-16,18H,2-4,9-10H2,1H3. The topological polar surface area (TPSA) is 29.5 Å². The summed E-state index contributed by atoms with van der Waals surface area (Å²) in [5, 5.41) is 11.2. The Bertz CT molecular complexity index is 481. The summed E-state index contributed by atoms with van der Waals surface area (Å²) < 4.78 is 5.21. The molecule has 1 aromatic rings. The lowest BCUT2D eigenvalue weighted by molar-refractivity contribution is -0.0512. The van der Waals surface area contributed by atoms with E-state index >= 15 is 0 Å². The van der Waals surface area contributed by atoms with E-state index < -0.39 is 5.60 Å². The number of ether oxygens (including phenoxy) is 1. The maximum absolute atomic E-state index is 11.2. The van der Waals surface area contributed by atoms with Gasteiger partial charge in [-0.05, 0) is 67.1 Å². The van der Waals surface area contributed by atoms with E-state index in [9.17, 15) is 5.11 Å². The van der Waals surface area contributed by atoms with Gasteiger partial charge in [-0.15, -0.1) is 0 Å². The normalized spacial score (nSPS) is 43.5. The number of methoxy groups -OCH3 is 1. The predicted molar refractivity (Wildman–Crippen MR) is 73.9 cm³/mol. The van der Waals surface area contributed by atoms with Crippen molar-refractivity contribution in [1.29, 1.82) is 0 Å². The second-order valence-corrected chi connectivity index (χ2v) is 6.72. The van der Waals surface area contributed by atoms with Crippen molar-refractivity contribution in [3.63, 3.8) is 0 Å². The van der Waals surface area contributed by atoms with Gasteiger partial charge in [0.05, 0.1) is 12.7 Å². The molecule has 19 heavy (non-hydrogen) atoms. The van der Waals surface area contributed by atoms with Crippen molar-refractivity contribution in [2.24, 2.45) is 23.7 Å². The minimum Gasteiger partial charge on any atom is -0.497 e. The number of hydrogen-bond acceptors (Lipinski definition) is 2. The first-order chi connectivity index (χ1) is 9.22. The molecule has 5 unspecified atom stereocenters. The molecule has 2 nitrogen and oxygen atoms in total. The lowest BCUT2D eigenvalue weighted by atomic mass is 9.70. The number of hydrogen-bond donors (Lipinski definition) is 1. The molecule has 0 aromatic heterocycles. The summed E-state index contributed by atoms with van der Waals surface area (Å²) in [5.41, 5.74) is 0.536. The highest BCUT2D eigenvalue weighted by atomic mass is 16.5. The molecule has 1 N–H and O–H groups in total. The highest BCUT2D eigenvalue weighted by Gasteiger charge is 2.60. The molecular weight excluding hydrogens is 236 g/mol. The van der Waals surface area contributed by atoms with Gasteiger partial charge in [-0.1, -0.05) is 18.6 Å². The third kappa shape index (κ3) is 1.53. The van der Waals surface area contributed by atoms with Crippen LogP contribution in [0.4, 0.5) is 0 Å². The average molecular weight is 258 g/mol. The van der Waals surface area contributed by atoms with E-state index in [1.54, 1.807) is 7.11 Å². The number of benzene rings is 1. The van der Waals surface area contributed by atoms with Crippen molar-refractivity contribution >= 4 is 0 Å². The monoisotopic (exact) mass is 258 g/mol. The largest absolute Gasteiger partial charge is 0.497 e. The van der Waals surface area contributed by atoms with Gasteiger partial charge < -0.3 is 9.84 Å². The van der Waals surface area contributed by atoms with Crippen molar-refractivity contribution in [1.82, 2.24) is 0 Å². The fraction of sp³-hybridized carbons (Fsp3) is 0.647. The van der Waals surface area contributed by atoms with Gasteiger partial charge in [0.15, 0.2) is 0 Å². The van der Waals surface area contributed by atoms with Crippen LogP contribution >= 0.6 is 0 Å². The quantitative estimate of drug-likeness (QED) is 0.881. The smallest absolute Gasteiger partial charge is 0.118 e. The molecule has 0 saturated heterocycles. The molecule has 0 radical (unpaired) electrons. The predicted octanol–water partition coefficient (Wildman–Crippen LogP) is 3.34. The molecule has 2 heteroatoms. The molecule has 3 saturated carbocycles. The molecule has 1 aromatic carbocycles. The summed E-state index contributed by atoms with van der Waals surface area (Å²) in [6, 6.07) is 8.07. The zero-order chi connectivity index (χ0) is 13.0. The van der Waals surface area contributed by atoms with Crippen LogP contribution < -0.4 is 4.74 Å². The van der Waals surface area contributed by atoms with Crippen LogP contribution in [0.15, 0.2) is 24.3 Å². The van der Waals surface area contributed by atoms with Crippen LogP contribution in [-0.2, 0) is 5.60 Å². The minimum absolute atomic E-state index is 0.499. The molecule has 3 aliphatic rings. The van der Waals surface area contributed by atoms with Crippen LogP contribution in [0.2, 0.25) is 0 Å². The fourth-order valence-corrected chi connectivity index (χ4v) is 5.32. The van der Waals surface area contributed by atoms with Crippen molar-refractivity contribution < 1.29 is 9.84 Å². The lowest BCUT2D eigenvalue weighted by Crippen LogP contribution is -2.38. The first-order valence-corrected chi connectivity index (χ1v) is 7.59. The zero-order valence-electron chi connectivity index (χ0n) is 11.5. The Hall–Kier alpha value is -1.02. The van der Waals surface area contributed by atoms with Gasteiger partial charge in [-0.3, -0.25) is 0 Å². The van der Waals surface area contributed by atoms with Crippen molar-refractivity contribution in [3.05, 3.63) is 29.8 Å². The van der Waals surface area contributed by atoms with Crippen LogP contribution in [-0.4, -0.2) is 12.2 Å². The van der Waals surface area contributed by atoms with Crippen molar-refractivity contribution in [3.8, 4) is 5.75 Å². The summed E-state index contributed by atoms with van der Waals surface area (Å²) in [4.78, 5) is 0. The maximum atomic E-state index is 11.2. The van der Waals surface area contributed by atoms with E-state index in [0.717, 1.165) is 35.5 Å². The molecule has 3 aliphatic carbocycles. The van der Waals surface area contributed by atoms with E-state index in [-0.39, 0.29) is 0 Å². The summed E-state index contributed by atoms with van der Waals surface area (Å²) in [6.45, 7) is 0. The Morgan fingerprint density at radius 3 is 2.63 bits per heavy atom. The van der Waals surface area contributed by atoms with Crippen LogP contribution in [0.5, 0.6) is 5.75 Å². The Labute approximate surface area is 114 Å². The second kappa shape index (κ2) is 3.99.